The molecule has 1 amide bonds. The van der Waals surface area contributed by atoms with Crippen LogP contribution in [0.3, 0.4) is 0 Å². The third-order valence-corrected chi connectivity index (χ3v) is 3.36. The van der Waals surface area contributed by atoms with Gasteiger partial charge in [-0.2, -0.15) is 0 Å². The summed E-state index contributed by atoms with van der Waals surface area (Å²) in [6.45, 7) is 2.79. The second-order valence-electron chi connectivity index (χ2n) is 5.18. The van der Waals surface area contributed by atoms with Crippen LogP contribution in [0, 0.1) is 0 Å². The Morgan fingerprint density at radius 2 is 2.14 bits per heavy atom. The van der Waals surface area contributed by atoms with E-state index in [1.807, 2.05) is 24.3 Å². The maximum absolute atomic E-state index is 11.0. The number of hydrogen-bond acceptors (Lipinski definition) is 6. The van der Waals surface area contributed by atoms with Crippen LogP contribution in [0.25, 0.3) is 0 Å². The summed E-state index contributed by atoms with van der Waals surface area (Å²) in [6, 6.07) is 7.94. The third kappa shape index (κ3) is 3.62. The Hall–Kier alpha value is -2.41. The number of hydrogen-bond donors (Lipinski definition) is 2. The Morgan fingerprint density at radius 3 is 2.82 bits per heavy atom. The first-order valence-corrected chi connectivity index (χ1v) is 7.26. The van der Waals surface area contributed by atoms with Crippen LogP contribution in [-0.4, -0.2) is 22.7 Å². The van der Waals surface area contributed by atoms with Crippen molar-refractivity contribution in [3.8, 4) is 0 Å². The molecule has 2 heterocycles. The SMILES string of the molecule is CC(=O)Nc1ccc(CNc2nnc([C@H]3CCCO3)o2)cc1. The zero-order chi connectivity index (χ0) is 15.4. The molecule has 0 aliphatic carbocycles. The summed E-state index contributed by atoms with van der Waals surface area (Å²) in [4.78, 5) is 11.0. The molecule has 2 aromatic rings. The molecule has 1 aromatic carbocycles. The molecule has 7 nitrogen and oxygen atoms in total. The van der Waals surface area contributed by atoms with Gasteiger partial charge in [-0.3, -0.25) is 4.79 Å². The summed E-state index contributed by atoms with van der Waals surface area (Å²) in [5, 5.41) is 13.8. The van der Waals surface area contributed by atoms with Crippen LogP contribution in [0.4, 0.5) is 11.7 Å². The second kappa shape index (κ2) is 6.57. The number of nitrogens with one attached hydrogen (secondary N) is 2. The summed E-state index contributed by atoms with van der Waals surface area (Å²) < 4.78 is 11.1. The summed E-state index contributed by atoms with van der Waals surface area (Å²) in [6.07, 6.45) is 1.88. The quantitative estimate of drug-likeness (QED) is 0.882. The molecular formula is C15H18N4O3. The van der Waals surface area contributed by atoms with E-state index in [4.69, 9.17) is 9.15 Å². The van der Waals surface area contributed by atoms with Crippen LogP contribution >= 0.6 is 0 Å². The lowest BCUT2D eigenvalue weighted by Crippen LogP contribution is -2.06. The average Bonchev–Trinajstić information content (AvgIpc) is 3.17. The van der Waals surface area contributed by atoms with Crippen LogP contribution < -0.4 is 10.6 Å². The summed E-state index contributed by atoms with van der Waals surface area (Å²) in [7, 11) is 0. The maximum atomic E-state index is 11.0. The van der Waals surface area contributed by atoms with Gasteiger partial charge in [-0.1, -0.05) is 17.2 Å². The molecule has 0 spiro atoms. The van der Waals surface area contributed by atoms with Crippen LogP contribution in [0.15, 0.2) is 28.7 Å². The minimum Gasteiger partial charge on any atom is -0.405 e. The van der Waals surface area contributed by atoms with Crippen molar-refractivity contribution in [2.75, 3.05) is 17.2 Å². The van der Waals surface area contributed by atoms with Crippen molar-refractivity contribution in [2.45, 2.75) is 32.4 Å². The molecule has 0 radical (unpaired) electrons. The lowest BCUT2D eigenvalue weighted by molar-refractivity contribution is -0.114. The fourth-order valence-electron chi connectivity index (χ4n) is 2.30. The van der Waals surface area contributed by atoms with Crippen molar-refractivity contribution in [1.82, 2.24) is 10.2 Å². The van der Waals surface area contributed by atoms with Crippen molar-refractivity contribution in [3.05, 3.63) is 35.7 Å². The number of benzene rings is 1. The summed E-state index contributed by atoms with van der Waals surface area (Å²) in [5.41, 5.74) is 1.82. The van der Waals surface area contributed by atoms with E-state index in [-0.39, 0.29) is 12.0 Å². The average molecular weight is 302 g/mol. The maximum Gasteiger partial charge on any atom is 0.315 e. The number of ether oxygens (including phenoxy) is 1. The number of aromatic nitrogens is 2. The molecule has 1 saturated heterocycles. The highest BCUT2D eigenvalue weighted by atomic mass is 16.5. The molecular weight excluding hydrogens is 284 g/mol. The standard InChI is InChI=1S/C15H18N4O3/c1-10(20)17-12-6-4-11(5-7-12)9-16-15-19-18-14(22-15)13-3-2-8-21-13/h4-7,13H,2-3,8-9H2,1H3,(H,16,19)(H,17,20)/t13-/m1/s1. The van der Waals surface area contributed by atoms with Gasteiger partial charge in [0.05, 0.1) is 0 Å². The van der Waals surface area contributed by atoms with Crippen molar-refractivity contribution >= 4 is 17.6 Å². The van der Waals surface area contributed by atoms with E-state index >= 15 is 0 Å². The minimum atomic E-state index is -0.0848. The van der Waals surface area contributed by atoms with Crippen LogP contribution in [0.5, 0.6) is 0 Å². The first kappa shape index (κ1) is 14.5. The Labute approximate surface area is 128 Å². The molecule has 116 valence electrons. The zero-order valence-electron chi connectivity index (χ0n) is 12.3. The molecule has 1 aliphatic heterocycles. The van der Waals surface area contributed by atoms with Crippen LogP contribution in [0.2, 0.25) is 0 Å². The molecule has 7 heteroatoms. The van der Waals surface area contributed by atoms with Gasteiger partial charge in [-0.25, -0.2) is 0 Å². The Kier molecular flexibility index (Phi) is 4.34. The van der Waals surface area contributed by atoms with Crippen LogP contribution in [-0.2, 0) is 16.1 Å². The highest BCUT2D eigenvalue weighted by molar-refractivity contribution is 5.88. The van der Waals surface area contributed by atoms with Gasteiger partial charge in [-0.05, 0) is 30.5 Å². The lowest BCUT2D eigenvalue weighted by atomic mass is 10.2. The minimum absolute atomic E-state index is 0.0695. The molecule has 0 bridgehead atoms. The van der Waals surface area contributed by atoms with Gasteiger partial charge in [0.25, 0.3) is 0 Å². The van der Waals surface area contributed by atoms with E-state index < -0.39 is 0 Å². The third-order valence-electron chi connectivity index (χ3n) is 3.36. The zero-order valence-corrected chi connectivity index (χ0v) is 12.3. The van der Waals surface area contributed by atoms with Crippen molar-refractivity contribution in [3.63, 3.8) is 0 Å². The van der Waals surface area contributed by atoms with E-state index in [2.05, 4.69) is 20.8 Å². The largest absolute Gasteiger partial charge is 0.405 e. The molecule has 1 aliphatic rings. The normalized spacial score (nSPS) is 17.4. The van der Waals surface area contributed by atoms with Gasteiger partial charge < -0.3 is 19.8 Å². The highest BCUT2D eigenvalue weighted by Gasteiger charge is 2.23. The summed E-state index contributed by atoms with van der Waals surface area (Å²) in [5.74, 6) is 0.444. The highest BCUT2D eigenvalue weighted by Crippen LogP contribution is 2.28. The van der Waals surface area contributed by atoms with Gasteiger partial charge in [0.2, 0.25) is 11.8 Å². The lowest BCUT2D eigenvalue weighted by Gasteiger charge is -2.05. The molecule has 22 heavy (non-hydrogen) atoms. The van der Waals surface area contributed by atoms with E-state index in [1.54, 1.807) is 0 Å². The van der Waals surface area contributed by atoms with Gasteiger partial charge in [-0.15, -0.1) is 5.10 Å². The molecule has 1 atom stereocenters. The van der Waals surface area contributed by atoms with Gasteiger partial charge in [0.15, 0.2) is 0 Å². The number of anilines is 2. The van der Waals surface area contributed by atoms with Crippen molar-refractivity contribution < 1.29 is 13.9 Å². The second-order valence-corrected chi connectivity index (χ2v) is 5.18. The fraction of sp³-hybridized carbons (Fsp3) is 0.400. The van der Waals surface area contributed by atoms with E-state index in [0.29, 0.717) is 18.5 Å². The van der Waals surface area contributed by atoms with Crippen LogP contribution in [0.1, 0.15) is 37.3 Å². The Balaban J connectivity index is 1.54. The fourth-order valence-corrected chi connectivity index (χ4v) is 2.30. The smallest absolute Gasteiger partial charge is 0.315 e. The molecule has 3 rings (SSSR count). The first-order chi connectivity index (χ1) is 10.7. The number of nitrogens with zero attached hydrogens (tertiary/aromatic N) is 2. The number of carbonyl (C=O) groups excluding carboxylic acids is 1. The number of carbonyl (C=O) groups is 1. The summed E-state index contributed by atoms with van der Waals surface area (Å²) >= 11 is 0. The predicted octanol–water partition coefficient (Wildman–Crippen LogP) is 2.49. The monoisotopic (exact) mass is 302 g/mol. The molecule has 2 N–H and O–H groups in total. The Morgan fingerprint density at radius 1 is 1.32 bits per heavy atom. The molecule has 1 aromatic heterocycles. The first-order valence-electron chi connectivity index (χ1n) is 7.26. The van der Waals surface area contributed by atoms with Gasteiger partial charge in [0.1, 0.15) is 6.10 Å². The molecule has 0 saturated carbocycles. The molecule has 1 fully saturated rings. The molecule has 0 unspecified atom stereocenters. The van der Waals surface area contributed by atoms with Crippen molar-refractivity contribution in [1.29, 1.82) is 0 Å². The number of amides is 1. The van der Waals surface area contributed by atoms with E-state index in [1.165, 1.54) is 6.92 Å². The van der Waals surface area contributed by atoms with E-state index in [9.17, 15) is 4.79 Å². The number of rotatable bonds is 5. The van der Waals surface area contributed by atoms with E-state index in [0.717, 1.165) is 30.7 Å². The Bertz CT molecular complexity index is 632. The van der Waals surface area contributed by atoms with Crippen molar-refractivity contribution in [2.24, 2.45) is 0 Å². The predicted molar refractivity (Wildman–Crippen MR) is 80.3 cm³/mol. The topological polar surface area (TPSA) is 89.3 Å². The van der Waals surface area contributed by atoms with Gasteiger partial charge in [0, 0.05) is 25.8 Å². The van der Waals surface area contributed by atoms with Gasteiger partial charge >= 0.3 is 6.01 Å².